The summed E-state index contributed by atoms with van der Waals surface area (Å²) in [7, 11) is 0. The number of nitrogens with zero attached hydrogens (tertiary/aromatic N) is 4. The normalized spacial score (nSPS) is 19.6. The lowest BCUT2D eigenvalue weighted by atomic mass is 9.95. The summed E-state index contributed by atoms with van der Waals surface area (Å²) in [5, 5.41) is 20.5. The number of phenols is 1. The van der Waals surface area contributed by atoms with Crippen LogP contribution >= 0.6 is 11.8 Å². The minimum absolute atomic E-state index is 0.268. The predicted molar refractivity (Wildman–Crippen MR) is 135 cm³/mol. The van der Waals surface area contributed by atoms with Gasteiger partial charge in [0, 0.05) is 30.4 Å². The van der Waals surface area contributed by atoms with Crippen LogP contribution in [0.2, 0.25) is 0 Å². The van der Waals surface area contributed by atoms with Gasteiger partial charge in [-0.15, -0.1) is 10.2 Å². The smallest absolute Gasteiger partial charge is 0.191 e. The molecule has 2 aliphatic rings. The number of phenolic OH excluding ortho intramolecular Hbond substituents is 1. The standard InChI is InChI=1S/C27H34N4O2S/c32-25-11-5-4-9-23(25)19-30-15-12-22(13-16-30)26-28-29-27(31(26)20-24-10-6-17-33-24)34-18-14-21-7-2-1-3-8-21/h1-5,7-9,11,22,24,32H,6,10,12-20H2/t24-/m0/s1. The van der Waals surface area contributed by atoms with Gasteiger partial charge in [0.1, 0.15) is 11.6 Å². The molecule has 0 aliphatic carbocycles. The number of benzene rings is 2. The van der Waals surface area contributed by atoms with E-state index in [1.165, 1.54) is 5.56 Å². The minimum atomic E-state index is 0.268. The van der Waals surface area contributed by atoms with E-state index in [1.54, 1.807) is 6.07 Å². The Kier molecular flexibility index (Phi) is 7.83. The van der Waals surface area contributed by atoms with Crippen LogP contribution in [0.1, 0.15) is 48.6 Å². The maximum Gasteiger partial charge on any atom is 0.191 e. The third-order valence-electron chi connectivity index (χ3n) is 6.96. The van der Waals surface area contributed by atoms with Gasteiger partial charge in [0.05, 0.1) is 12.6 Å². The first-order valence-electron chi connectivity index (χ1n) is 12.5. The highest BCUT2D eigenvalue weighted by Crippen LogP contribution is 2.32. The average molecular weight is 479 g/mol. The van der Waals surface area contributed by atoms with Crippen LogP contribution in [0.4, 0.5) is 0 Å². The zero-order valence-corrected chi connectivity index (χ0v) is 20.5. The number of rotatable bonds is 9. The van der Waals surface area contributed by atoms with E-state index in [2.05, 4.69) is 44.9 Å². The maximum absolute atomic E-state index is 10.1. The molecule has 0 bridgehead atoms. The first-order chi connectivity index (χ1) is 16.8. The molecule has 2 fully saturated rings. The number of aryl methyl sites for hydroxylation is 1. The molecule has 0 unspecified atom stereocenters. The van der Waals surface area contributed by atoms with E-state index in [9.17, 15) is 5.11 Å². The number of likely N-dealkylation sites (tertiary alicyclic amines) is 1. The van der Waals surface area contributed by atoms with Crippen LogP contribution in [0, 0.1) is 0 Å². The molecule has 0 spiro atoms. The van der Waals surface area contributed by atoms with Gasteiger partial charge in [-0.3, -0.25) is 4.90 Å². The second-order valence-corrected chi connectivity index (χ2v) is 10.4. The molecular formula is C27H34N4O2S. The third-order valence-corrected chi connectivity index (χ3v) is 7.93. The first kappa shape index (κ1) is 23.4. The van der Waals surface area contributed by atoms with E-state index in [1.807, 2.05) is 30.0 Å². The summed E-state index contributed by atoms with van der Waals surface area (Å²) in [5.74, 6) is 2.92. The van der Waals surface area contributed by atoms with Gasteiger partial charge in [-0.25, -0.2) is 0 Å². The van der Waals surface area contributed by atoms with Crippen LogP contribution in [0.5, 0.6) is 5.75 Å². The molecule has 2 saturated heterocycles. The monoisotopic (exact) mass is 478 g/mol. The summed E-state index contributed by atoms with van der Waals surface area (Å²) in [6, 6.07) is 18.3. The Morgan fingerprint density at radius 3 is 2.53 bits per heavy atom. The fourth-order valence-electron chi connectivity index (χ4n) is 5.01. The van der Waals surface area contributed by atoms with Crippen LogP contribution in [-0.4, -0.2) is 56.3 Å². The zero-order valence-electron chi connectivity index (χ0n) is 19.7. The molecule has 1 N–H and O–H groups in total. The minimum Gasteiger partial charge on any atom is -0.508 e. The topological polar surface area (TPSA) is 63.4 Å². The Balaban J connectivity index is 1.23. The molecular weight excluding hydrogens is 444 g/mol. The highest BCUT2D eigenvalue weighted by atomic mass is 32.2. The highest BCUT2D eigenvalue weighted by Gasteiger charge is 2.28. The van der Waals surface area contributed by atoms with Crippen molar-refractivity contribution >= 4 is 11.8 Å². The maximum atomic E-state index is 10.1. The van der Waals surface area contributed by atoms with Crippen molar-refractivity contribution in [1.29, 1.82) is 0 Å². The quantitative estimate of drug-likeness (QED) is 0.443. The predicted octanol–water partition coefficient (Wildman–Crippen LogP) is 4.88. The van der Waals surface area contributed by atoms with Crippen LogP contribution < -0.4 is 0 Å². The molecule has 1 aromatic heterocycles. The summed E-state index contributed by atoms with van der Waals surface area (Å²) in [6.07, 6.45) is 5.67. The molecule has 2 aliphatic heterocycles. The van der Waals surface area contributed by atoms with Crippen molar-refractivity contribution in [1.82, 2.24) is 19.7 Å². The Labute approximate surface area is 206 Å². The van der Waals surface area contributed by atoms with Gasteiger partial charge in [0.25, 0.3) is 0 Å². The largest absolute Gasteiger partial charge is 0.508 e. The van der Waals surface area contributed by atoms with E-state index in [4.69, 9.17) is 9.84 Å². The van der Waals surface area contributed by atoms with Crippen molar-refractivity contribution < 1.29 is 9.84 Å². The second kappa shape index (κ2) is 11.4. The van der Waals surface area contributed by atoms with Crippen molar-refractivity contribution in [3.63, 3.8) is 0 Å². The number of hydrogen-bond donors (Lipinski definition) is 1. The summed E-state index contributed by atoms with van der Waals surface area (Å²) in [6.45, 7) is 4.52. The van der Waals surface area contributed by atoms with Crippen LogP contribution in [0.3, 0.4) is 0 Å². The van der Waals surface area contributed by atoms with E-state index in [0.29, 0.717) is 11.7 Å². The summed E-state index contributed by atoms with van der Waals surface area (Å²) in [4.78, 5) is 2.43. The molecule has 0 radical (unpaired) electrons. The SMILES string of the molecule is Oc1ccccc1CN1CCC(c2nnc(SCCc3ccccc3)n2C[C@@H]2CCCO2)CC1. The number of aromatic hydroxyl groups is 1. The summed E-state index contributed by atoms with van der Waals surface area (Å²) < 4.78 is 8.33. The third kappa shape index (κ3) is 5.82. The number of para-hydroxylation sites is 1. The Bertz CT molecular complexity index is 1040. The van der Waals surface area contributed by atoms with Crippen LogP contribution in [-0.2, 0) is 24.2 Å². The first-order valence-corrected chi connectivity index (χ1v) is 13.5. The Hall–Kier alpha value is -2.35. The molecule has 34 heavy (non-hydrogen) atoms. The molecule has 3 aromatic rings. The molecule has 3 heterocycles. The van der Waals surface area contributed by atoms with E-state index in [0.717, 1.165) is 87.2 Å². The zero-order chi connectivity index (χ0) is 23.2. The van der Waals surface area contributed by atoms with Crippen molar-refractivity contribution in [3.8, 4) is 5.75 Å². The molecule has 2 aromatic carbocycles. The highest BCUT2D eigenvalue weighted by molar-refractivity contribution is 7.99. The molecule has 1 atom stereocenters. The average Bonchev–Trinajstić information content (AvgIpc) is 3.53. The molecule has 0 saturated carbocycles. The van der Waals surface area contributed by atoms with Gasteiger partial charge in [-0.1, -0.05) is 60.3 Å². The van der Waals surface area contributed by atoms with Crippen LogP contribution in [0.25, 0.3) is 0 Å². The van der Waals surface area contributed by atoms with E-state index < -0.39 is 0 Å². The Morgan fingerprint density at radius 2 is 1.76 bits per heavy atom. The number of hydrogen-bond acceptors (Lipinski definition) is 6. The number of thioether (sulfide) groups is 1. The van der Waals surface area contributed by atoms with Gasteiger partial charge in [-0.2, -0.15) is 0 Å². The lowest BCUT2D eigenvalue weighted by Crippen LogP contribution is -2.33. The van der Waals surface area contributed by atoms with Gasteiger partial charge in [0.15, 0.2) is 5.16 Å². The van der Waals surface area contributed by atoms with Gasteiger partial charge < -0.3 is 14.4 Å². The van der Waals surface area contributed by atoms with Crippen molar-refractivity contribution in [2.45, 2.75) is 62.4 Å². The molecule has 7 heteroatoms. The molecule has 5 rings (SSSR count). The molecule has 180 valence electrons. The fraction of sp³-hybridized carbons (Fsp3) is 0.481. The second-order valence-electron chi connectivity index (χ2n) is 9.35. The number of ether oxygens (including phenoxy) is 1. The lowest BCUT2D eigenvalue weighted by Gasteiger charge is -2.32. The van der Waals surface area contributed by atoms with Gasteiger partial charge >= 0.3 is 0 Å². The lowest BCUT2D eigenvalue weighted by molar-refractivity contribution is 0.0931. The van der Waals surface area contributed by atoms with E-state index >= 15 is 0 Å². The fourth-order valence-corrected chi connectivity index (χ4v) is 5.95. The number of piperidine rings is 1. The molecule has 6 nitrogen and oxygen atoms in total. The van der Waals surface area contributed by atoms with Crippen LogP contribution in [0.15, 0.2) is 59.8 Å². The van der Waals surface area contributed by atoms with Crippen molar-refractivity contribution in [3.05, 3.63) is 71.5 Å². The van der Waals surface area contributed by atoms with E-state index in [-0.39, 0.29) is 6.10 Å². The van der Waals surface area contributed by atoms with Crippen molar-refractivity contribution in [2.24, 2.45) is 0 Å². The molecule has 0 amide bonds. The van der Waals surface area contributed by atoms with Crippen molar-refractivity contribution in [2.75, 3.05) is 25.4 Å². The van der Waals surface area contributed by atoms with Gasteiger partial charge in [-0.05, 0) is 56.8 Å². The summed E-state index contributed by atoms with van der Waals surface area (Å²) in [5.41, 5.74) is 2.36. The van der Waals surface area contributed by atoms with Gasteiger partial charge in [0.2, 0.25) is 0 Å². The number of aromatic nitrogens is 3. The summed E-state index contributed by atoms with van der Waals surface area (Å²) >= 11 is 1.81. The Morgan fingerprint density at radius 1 is 0.971 bits per heavy atom.